The number of anilines is 1. The first kappa shape index (κ1) is 27.2. The zero-order chi connectivity index (χ0) is 29.0. The van der Waals surface area contributed by atoms with Gasteiger partial charge >= 0.3 is 6.18 Å². The second-order valence-corrected chi connectivity index (χ2v) is 8.85. The van der Waals surface area contributed by atoms with E-state index in [0.717, 1.165) is 17.2 Å². The average Bonchev–Trinajstić information content (AvgIpc) is 3.30. The number of amides is 2. The molecule has 3 aromatic heterocycles. The summed E-state index contributed by atoms with van der Waals surface area (Å²) in [6.07, 6.45) is 5.85. The molecule has 4 aromatic rings. The molecule has 0 saturated carbocycles. The largest absolute Gasteiger partial charge is 0.433 e. The van der Waals surface area contributed by atoms with Crippen LogP contribution in [-0.2, 0) is 11.0 Å². The topological polar surface area (TPSA) is 115 Å². The van der Waals surface area contributed by atoms with Gasteiger partial charge in [-0.25, -0.2) is 4.68 Å². The van der Waals surface area contributed by atoms with Crippen molar-refractivity contribution < 1.29 is 22.8 Å². The van der Waals surface area contributed by atoms with Crippen molar-refractivity contribution >= 4 is 23.2 Å². The van der Waals surface area contributed by atoms with Gasteiger partial charge in [-0.05, 0) is 66.1 Å². The van der Waals surface area contributed by atoms with Crippen molar-refractivity contribution in [3.8, 4) is 17.1 Å². The van der Waals surface area contributed by atoms with Gasteiger partial charge in [0.25, 0.3) is 11.8 Å². The normalized spacial score (nSPS) is 13.2. The quantitative estimate of drug-likeness (QED) is 0.345. The number of nitrogens with one attached hydrogen (secondary N) is 2. The molecule has 2 N–H and O–H groups in total. The molecule has 0 bridgehead atoms. The number of halogens is 3. The lowest BCUT2D eigenvalue weighted by Gasteiger charge is -2.10. The minimum Gasteiger partial charge on any atom is -0.355 e. The minimum absolute atomic E-state index is 0.0395. The molecule has 206 valence electrons. The molecule has 5 rings (SSSR count). The Labute approximate surface area is 232 Å². The molecule has 2 amide bonds. The first-order valence-electron chi connectivity index (χ1n) is 12.4. The van der Waals surface area contributed by atoms with Crippen LogP contribution in [0.15, 0.2) is 96.9 Å². The Balaban J connectivity index is 1.37. The summed E-state index contributed by atoms with van der Waals surface area (Å²) in [5.41, 5.74) is 1.75. The molecule has 0 spiro atoms. The number of aromatic nitrogens is 5. The van der Waals surface area contributed by atoms with Gasteiger partial charge in [0.1, 0.15) is 0 Å². The minimum atomic E-state index is -4.70. The van der Waals surface area contributed by atoms with Gasteiger partial charge in [-0.2, -0.15) is 18.3 Å². The van der Waals surface area contributed by atoms with Crippen LogP contribution in [0.3, 0.4) is 0 Å². The Kier molecular flexibility index (Phi) is 7.55. The van der Waals surface area contributed by atoms with E-state index < -0.39 is 17.8 Å². The number of hydrogen-bond acceptors (Lipinski definition) is 6. The Morgan fingerprint density at radius 3 is 2.51 bits per heavy atom. The van der Waals surface area contributed by atoms with E-state index in [9.17, 15) is 22.8 Å². The van der Waals surface area contributed by atoms with Gasteiger partial charge in [0, 0.05) is 36.1 Å². The molecule has 3 heterocycles. The van der Waals surface area contributed by atoms with E-state index in [1.807, 2.05) is 18.2 Å². The van der Waals surface area contributed by atoms with Crippen LogP contribution in [0.5, 0.6) is 0 Å². The maximum absolute atomic E-state index is 13.8. The first-order valence-corrected chi connectivity index (χ1v) is 12.4. The van der Waals surface area contributed by atoms with Crippen LogP contribution in [0, 0.1) is 0 Å². The molecule has 1 aliphatic rings. The number of benzene rings is 1. The number of allylic oxidation sites excluding steroid dienone is 4. The van der Waals surface area contributed by atoms with E-state index >= 15 is 0 Å². The standard InChI is InChI=1S/C29H22F3N7O2/c1-33-27(40)20-9-4-8-19(14-20)18-6-2-3-7-21(15-18)28(41)35-25-11-12-26(37-36-25)39-24(29(30,31)32)16-23(38-39)22-10-5-13-34-17-22/h3-17H,2H2,1H3,(H,33,40)(H,35,36,41). The SMILES string of the molecule is CNC(=O)c1cccc(C2=CCC=CC(C(=O)Nc3ccc(-n4nc(-c5cccnc5)cc4C(F)(F)F)nn3)=C2)c1. The van der Waals surface area contributed by atoms with Crippen molar-refractivity contribution in [2.24, 2.45) is 0 Å². The average molecular weight is 558 g/mol. The van der Waals surface area contributed by atoms with Gasteiger partial charge in [0.2, 0.25) is 0 Å². The van der Waals surface area contributed by atoms with Crippen LogP contribution in [0.4, 0.5) is 19.0 Å². The fourth-order valence-electron chi connectivity index (χ4n) is 4.10. The van der Waals surface area contributed by atoms with Crippen LogP contribution in [0.2, 0.25) is 0 Å². The van der Waals surface area contributed by atoms with Crippen molar-refractivity contribution in [1.29, 1.82) is 0 Å². The number of rotatable bonds is 6. The highest BCUT2D eigenvalue weighted by Gasteiger charge is 2.37. The van der Waals surface area contributed by atoms with Gasteiger partial charge in [-0.1, -0.05) is 30.4 Å². The molecule has 1 aromatic carbocycles. The fraction of sp³-hybridized carbons (Fsp3) is 0.103. The third-order valence-corrected chi connectivity index (χ3v) is 6.10. The summed E-state index contributed by atoms with van der Waals surface area (Å²) in [7, 11) is 1.55. The van der Waals surface area contributed by atoms with Gasteiger partial charge < -0.3 is 10.6 Å². The lowest BCUT2D eigenvalue weighted by molar-refractivity contribution is -0.142. The maximum Gasteiger partial charge on any atom is 0.433 e. The summed E-state index contributed by atoms with van der Waals surface area (Å²) in [5.74, 6) is -0.862. The zero-order valence-electron chi connectivity index (χ0n) is 21.6. The lowest BCUT2D eigenvalue weighted by atomic mass is 10.0. The highest BCUT2D eigenvalue weighted by molar-refractivity contribution is 6.07. The van der Waals surface area contributed by atoms with E-state index in [2.05, 4.69) is 30.9 Å². The fourth-order valence-corrected chi connectivity index (χ4v) is 4.10. The predicted octanol–water partition coefficient (Wildman–Crippen LogP) is 5.01. The Hall–Kier alpha value is -5.39. The number of pyridine rings is 1. The lowest BCUT2D eigenvalue weighted by Crippen LogP contribution is -2.17. The maximum atomic E-state index is 13.8. The van der Waals surface area contributed by atoms with Gasteiger partial charge in [-0.15, -0.1) is 10.2 Å². The first-order chi connectivity index (χ1) is 19.7. The molecule has 9 nitrogen and oxygen atoms in total. The predicted molar refractivity (Wildman–Crippen MR) is 146 cm³/mol. The number of carbonyl (C=O) groups excluding carboxylic acids is 2. The van der Waals surface area contributed by atoms with Crippen LogP contribution in [0.25, 0.3) is 22.6 Å². The Morgan fingerprint density at radius 1 is 0.976 bits per heavy atom. The number of alkyl halides is 3. The molecule has 0 radical (unpaired) electrons. The van der Waals surface area contributed by atoms with Gasteiger partial charge in [0.15, 0.2) is 17.3 Å². The summed E-state index contributed by atoms with van der Waals surface area (Å²) in [5, 5.41) is 17.1. The number of carbonyl (C=O) groups is 2. The molecular formula is C29H22F3N7O2. The summed E-state index contributed by atoms with van der Waals surface area (Å²) in [6, 6.07) is 13.8. The van der Waals surface area contributed by atoms with E-state index in [1.54, 1.807) is 49.5 Å². The molecule has 0 fully saturated rings. The molecular weight excluding hydrogens is 535 g/mol. The molecule has 0 atom stereocenters. The van der Waals surface area contributed by atoms with Crippen molar-refractivity contribution in [1.82, 2.24) is 30.3 Å². The monoisotopic (exact) mass is 557 g/mol. The summed E-state index contributed by atoms with van der Waals surface area (Å²) in [4.78, 5) is 29.0. The van der Waals surface area contributed by atoms with Crippen molar-refractivity contribution in [3.05, 3.63) is 114 Å². The second-order valence-electron chi connectivity index (χ2n) is 8.85. The van der Waals surface area contributed by atoms with Crippen LogP contribution < -0.4 is 10.6 Å². The van der Waals surface area contributed by atoms with Crippen molar-refractivity contribution in [2.75, 3.05) is 12.4 Å². The van der Waals surface area contributed by atoms with E-state index in [1.165, 1.54) is 24.5 Å². The molecule has 0 unspecified atom stereocenters. The number of nitrogens with zero attached hydrogens (tertiary/aromatic N) is 5. The van der Waals surface area contributed by atoms with Gasteiger partial charge in [-0.3, -0.25) is 14.6 Å². The smallest absolute Gasteiger partial charge is 0.355 e. The highest BCUT2D eigenvalue weighted by atomic mass is 19.4. The van der Waals surface area contributed by atoms with Gasteiger partial charge in [0.05, 0.1) is 5.69 Å². The van der Waals surface area contributed by atoms with Crippen LogP contribution >= 0.6 is 0 Å². The summed E-state index contributed by atoms with van der Waals surface area (Å²) in [6.45, 7) is 0. The van der Waals surface area contributed by atoms with E-state index in [0.29, 0.717) is 27.8 Å². The highest BCUT2D eigenvalue weighted by Crippen LogP contribution is 2.33. The zero-order valence-corrected chi connectivity index (χ0v) is 21.6. The molecule has 0 saturated heterocycles. The van der Waals surface area contributed by atoms with E-state index in [-0.39, 0.29) is 23.2 Å². The van der Waals surface area contributed by atoms with Crippen LogP contribution in [0.1, 0.15) is 28.0 Å². The van der Waals surface area contributed by atoms with E-state index in [4.69, 9.17) is 0 Å². The second kappa shape index (κ2) is 11.4. The summed E-state index contributed by atoms with van der Waals surface area (Å²) >= 11 is 0. The molecule has 12 heteroatoms. The third kappa shape index (κ3) is 6.11. The molecule has 0 aliphatic heterocycles. The molecule has 1 aliphatic carbocycles. The van der Waals surface area contributed by atoms with Crippen LogP contribution in [-0.4, -0.2) is 43.8 Å². The third-order valence-electron chi connectivity index (χ3n) is 6.10. The molecule has 41 heavy (non-hydrogen) atoms. The summed E-state index contributed by atoms with van der Waals surface area (Å²) < 4.78 is 42.0. The Morgan fingerprint density at radius 2 is 1.80 bits per heavy atom. The Bertz CT molecular complexity index is 1690. The van der Waals surface area contributed by atoms with Crippen molar-refractivity contribution in [3.63, 3.8) is 0 Å². The van der Waals surface area contributed by atoms with Crippen molar-refractivity contribution in [2.45, 2.75) is 12.6 Å². The number of hydrogen-bond donors (Lipinski definition) is 2.